The second-order valence-corrected chi connectivity index (χ2v) is 5.19. The molecule has 0 aliphatic heterocycles. The summed E-state index contributed by atoms with van der Waals surface area (Å²) in [6, 6.07) is 6.58. The van der Waals surface area contributed by atoms with Crippen molar-refractivity contribution in [3.8, 4) is 0 Å². The second kappa shape index (κ2) is 6.65. The van der Waals surface area contributed by atoms with E-state index in [9.17, 15) is 4.39 Å². The van der Waals surface area contributed by atoms with E-state index in [2.05, 4.69) is 43.5 Å². The summed E-state index contributed by atoms with van der Waals surface area (Å²) in [4.78, 5) is 8.56. The Balaban J connectivity index is 2.27. The van der Waals surface area contributed by atoms with E-state index in [-0.39, 0.29) is 5.82 Å². The minimum atomic E-state index is -0.335. The molecule has 0 bridgehead atoms. The van der Waals surface area contributed by atoms with Gasteiger partial charge in [-0.2, -0.15) is 0 Å². The van der Waals surface area contributed by atoms with Gasteiger partial charge in [0.15, 0.2) is 0 Å². The molecule has 0 fully saturated rings. The lowest BCUT2D eigenvalue weighted by Gasteiger charge is -2.11. The quantitative estimate of drug-likeness (QED) is 0.855. The number of nitrogens with zero attached hydrogens (tertiary/aromatic N) is 2. The number of nitrogens with one attached hydrogen (secondary N) is 2. The van der Waals surface area contributed by atoms with E-state index in [4.69, 9.17) is 0 Å². The molecule has 2 N–H and O–H groups in total. The summed E-state index contributed by atoms with van der Waals surface area (Å²) in [6.07, 6.45) is 1.00. The lowest BCUT2D eigenvalue weighted by Crippen LogP contribution is -2.06. The standard InChI is InChI=1S/C14H16BrFN4/c1-3-7-17-12-8-13(19-9(2)18-12)20-14-10(15)5-4-6-11(14)16/h4-6,8H,3,7H2,1-2H3,(H2,17,18,19,20). The summed E-state index contributed by atoms with van der Waals surface area (Å²) >= 11 is 3.32. The van der Waals surface area contributed by atoms with Crippen LogP contribution in [-0.2, 0) is 0 Å². The molecule has 0 saturated heterocycles. The van der Waals surface area contributed by atoms with Gasteiger partial charge in [-0.15, -0.1) is 0 Å². The predicted molar refractivity (Wildman–Crippen MR) is 82.9 cm³/mol. The van der Waals surface area contributed by atoms with E-state index in [1.165, 1.54) is 6.07 Å². The SMILES string of the molecule is CCCNc1cc(Nc2c(F)cccc2Br)nc(C)n1. The Morgan fingerprint density at radius 1 is 1.25 bits per heavy atom. The van der Waals surface area contributed by atoms with Gasteiger partial charge in [0.05, 0.1) is 5.69 Å². The molecule has 0 atom stereocenters. The van der Waals surface area contributed by atoms with Crippen LogP contribution in [0.5, 0.6) is 0 Å². The van der Waals surface area contributed by atoms with Crippen molar-refractivity contribution in [1.29, 1.82) is 0 Å². The number of anilines is 3. The highest BCUT2D eigenvalue weighted by Crippen LogP contribution is 2.28. The zero-order valence-corrected chi connectivity index (χ0v) is 13.0. The molecular weight excluding hydrogens is 323 g/mol. The minimum absolute atomic E-state index is 0.335. The average molecular weight is 339 g/mol. The van der Waals surface area contributed by atoms with Gasteiger partial charge < -0.3 is 10.6 Å². The second-order valence-electron chi connectivity index (χ2n) is 4.33. The molecule has 106 valence electrons. The molecule has 0 aliphatic carbocycles. The van der Waals surface area contributed by atoms with Crippen molar-refractivity contribution in [3.63, 3.8) is 0 Å². The molecule has 20 heavy (non-hydrogen) atoms. The fourth-order valence-electron chi connectivity index (χ4n) is 1.72. The first-order valence-electron chi connectivity index (χ1n) is 6.40. The van der Waals surface area contributed by atoms with Crippen molar-refractivity contribution in [2.24, 2.45) is 0 Å². The molecule has 1 heterocycles. The number of halogens is 2. The molecule has 2 aromatic rings. The molecule has 0 aliphatic rings. The summed E-state index contributed by atoms with van der Waals surface area (Å²) in [5, 5.41) is 6.18. The van der Waals surface area contributed by atoms with Gasteiger partial charge >= 0.3 is 0 Å². The third-order valence-electron chi connectivity index (χ3n) is 2.61. The maximum Gasteiger partial charge on any atom is 0.147 e. The first kappa shape index (κ1) is 14.7. The van der Waals surface area contributed by atoms with Crippen molar-refractivity contribution in [1.82, 2.24) is 9.97 Å². The fraction of sp³-hybridized carbons (Fsp3) is 0.286. The zero-order chi connectivity index (χ0) is 14.5. The summed E-state index contributed by atoms with van der Waals surface area (Å²) in [5.41, 5.74) is 0.368. The summed E-state index contributed by atoms with van der Waals surface area (Å²) < 4.78 is 14.4. The van der Waals surface area contributed by atoms with Gasteiger partial charge in [-0.25, -0.2) is 14.4 Å². The fourth-order valence-corrected chi connectivity index (χ4v) is 2.16. The van der Waals surface area contributed by atoms with Crippen LogP contribution in [0.3, 0.4) is 0 Å². The summed E-state index contributed by atoms with van der Waals surface area (Å²) in [7, 11) is 0. The first-order chi connectivity index (χ1) is 9.60. The number of rotatable bonds is 5. The van der Waals surface area contributed by atoms with Crippen LogP contribution in [0.15, 0.2) is 28.7 Å². The molecule has 0 radical (unpaired) electrons. The van der Waals surface area contributed by atoms with Gasteiger partial charge in [-0.05, 0) is 41.4 Å². The number of benzene rings is 1. The van der Waals surface area contributed by atoms with Crippen LogP contribution in [-0.4, -0.2) is 16.5 Å². The third kappa shape index (κ3) is 3.66. The van der Waals surface area contributed by atoms with E-state index in [0.29, 0.717) is 21.8 Å². The average Bonchev–Trinajstić information content (AvgIpc) is 2.40. The van der Waals surface area contributed by atoms with E-state index in [1.807, 2.05) is 0 Å². The molecule has 1 aromatic heterocycles. The lowest BCUT2D eigenvalue weighted by atomic mass is 10.3. The zero-order valence-electron chi connectivity index (χ0n) is 11.4. The molecule has 0 amide bonds. The minimum Gasteiger partial charge on any atom is -0.370 e. The predicted octanol–water partition coefficient (Wildman–Crippen LogP) is 4.25. The Morgan fingerprint density at radius 3 is 2.70 bits per heavy atom. The topological polar surface area (TPSA) is 49.8 Å². The third-order valence-corrected chi connectivity index (χ3v) is 3.27. The van der Waals surface area contributed by atoms with Gasteiger partial charge in [0.25, 0.3) is 0 Å². The number of hydrogen-bond donors (Lipinski definition) is 2. The van der Waals surface area contributed by atoms with Crippen LogP contribution in [0.25, 0.3) is 0 Å². The Hall–Kier alpha value is -1.69. The van der Waals surface area contributed by atoms with Gasteiger partial charge in [0.1, 0.15) is 23.3 Å². The Kier molecular flexibility index (Phi) is 4.89. The monoisotopic (exact) mass is 338 g/mol. The van der Waals surface area contributed by atoms with E-state index < -0.39 is 0 Å². The van der Waals surface area contributed by atoms with Gasteiger partial charge in [-0.3, -0.25) is 0 Å². The van der Waals surface area contributed by atoms with Crippen molar-refractivity contribution in [2.75, 3.05) is 17.2 Å². The first-order valence-corrected chi connectivity index (χ1v) is 7.20. The lowest BCUT2D eigenvalue weighted by molar-refractivity contribution is 0.631. The number of para-hydroxylation sites is 1. The maximum atomic E-state index is 13.8. The summed E-state index contributed by atoms with van der Waals surface area (Å²) in [6.45, 7) is 4.72. The normalized spacial score (nSPS) is 10.4. The highest BCUT2D eigenvalue weighted by Gasteiger charge is 2.08. The molecule has 2 rings (SSSR count). The van der Waals surface area contributed by atoms with Crippen molar-refractivity contribution >= 4 is 33.3 Å². The molecule has 1 aromatic carbocycles. The Labute approximate surface area is 126 Å². The van der Waals surface area contributed by atoms with Gasteiger partial charge in [0.2, 0.25) is 0 Å². The summed E-state index contributed by atoms with van der Waals surface area (Å²) in [5.74, 6) is 1.58. The van der Waals surface area contributed by atoms with Crippen LogP contribution < -0.4 is 10.6 Å². The number of hydrogen-bond acceptors (Lipinski definition) is 4. The Morgan fingerprint density at radius 2 is 2.00 bits per heavy atom. The molecule has 6 heteroatoms. The molecular formula is C14H16BrFN4. The van der Waals surface area contributed by atoms with E-state index in [1.54, 1.807) is 25.1 Å². The van der Waals surface area contributed by atoms with Crippen molar-refractivity contribution in [3.05, 3.63) is 40.4 Å². The largest absolute Gasteiger partial charge is 0.370 e. The molecule has 4 nitrogen and oxygen atoms in total. The smallest absolute Gasteiger partial charge is 0.147 e. The van der Waals surface area contributed by atoms with Crippen LogP contribution in [0.1, 0.15) is 19.2 Å². The van der Waals surface area contributed by atoms with E-state index >= 15 is 0 Å². The van der Waals surface area contributed by atoms with Crippen molar-refractivity contribution < 1.29 is 4.39 Å². The van der Waals surface area contributed by atoms with Crippen LogP contribution in [0.2, 0.25) is 0 Å². The number of aryl methyl sites for hydroxylation is 1. The van der Waals surface area contributed by atoms with E-state index in [0.717, 1.165) is 18.8 Å². The van der Waals surface area contributed by atoms with Crippen LogP contribution in [0, 0.1) is 12.7 Å². The maximum absolute atomic E-state index is 13.8. The number of aromatic nitrogens is 2. The highest BCUT2D eigenvalue weighted by atomic mass is 79.9. The highest BCUT2D eigenvalue weighted by molar-refractivity contribution is 9.10. The van der Waals surface area contributed by atoms with Gasteiger partial charge in [-0.1, -0.05) is 13.0 Å². The molecule has 0 saturated carbocycles. The van der Waals surface area contributed by atoms with Crippen molar-refractivity contribution in [2.45, 2.75) is 20.3 Å². The Bertz CT molecular complexity index is 583. The molecule has 0 unspecified atom stereocenters. The van der Waals surface area contributed by atoms with Crippen LogP contribution in [0.4, 0.5) is 21.7 Å². The van der Waals surface area contributed by atoms with Crippen LogP contribution >= 0.6 is 15.9 Å². The molecule has 0 spiro atoms. The van der Waals surface area contributed by atoms with Gasteiger partial charge in [0, 0.05) is 17.1 Å².